The van der Waals surface area contributed by atoms with Crippen molar-refractivity contribution in [2.45, 2.75) is 38.4 Å². The van der Waals surface area contributed by atoms with Gasteiger partial charge in [0.2, 0.25) is 11.8 Å². The summed E-state index contributed by atoms with van der Waals surface area (Å²) in [5.74, 6) is -0.284. The first-order chi connectivity index (χ1) is 12.5. The van der Waals surface area contributed by atoms with Crippen LogP contribution in [-0.4, -0.2) is 28.9 Å². The third-order valence-electron chi connectivity index (χ3n) is 4.05. The number of aromatic nitrogens is 1. The Balaban J connectivity index is 1.76. The largest absolute Gasteiger partial charge is 0.383 e. The predicted octanol–water partition coefficient (Wildman–Crippen LogP) is 0.745. The maximum Gasteiger partial charge on any atom is 0.242 e. The van der Waals surface area contributed by atoms with Gasteiger partial charge in [-0.2, -0.15) is 0 Å². The molecule has 0 aliphatic carbocycles. The van der Waals surface area contributed by atoms with Crippen LogP contribution in [0.3, 0.4) is 0 Å². The van der Waals surface area contributed by atoms with Gasteiger partial charge in [-0.05, 0) is 31.4 Å². The van der Waals surface area contributed by atoms with E-state index in [0.717, 1.165) is 11.1 Å². The third-order valence-corrected chi connectivity index (χ3v) is 4.05. The lowest BCUT2D eigenvalue weighted by molar-refractivity contribution is -0.129. The fraction of sp³-hybridized carbons (Fsp3) is 0.316. The van der Waals surface area contributed by atoms with Crippen molar-refractivity contribution >= 4 is 17.6 Å². The smallest absolute Gasteiger partial charge is 0.242 e. The molecule has 0 spiro atoms. The second-order valence-corrected chi connectivity index (χ2v) is 6.13. The van der Waals surface area contributed by atoms with Crippen LogP contribution in [0.15, 0.2) is 48.7 Å². The van der Waals surface area contributed by atoms with E-state index in [0.29, 0.717) is 18.7 Å². The van der Waals surface area contributed by atoms with E-state index in [2.05, 4.69) is 15.6 Å². The minimum atomic E-state index is -0.692. The van der Waals surface area contributed by atoms with Crippen molar-refractivity contribution in [2.24, 2.45) is 5.73 Å². The summed E-state index contributed by atoms with van der Waals surface area (Å²) in [6, 6.07) is 12.0. The zero-order valence-corrected chi connectivity index (χ0v) is 14.8. The first-order valence-corrected chi connectivity index (χ1v) is 8.54. The highest BCUT2D eigenvalue weighted by Crippen LogP contribution is 2.06. The number of rotatable bonds is 8. The van der Waals surface area contributed by atoms with E-state index < -0.39 is 12.1 Å². The van der Waals surface area contributed by atoms with Crippen molar-refractivity contribution in [2.75, 3.05) is 5.73 Å². The number of hydrogen-bond donors (Lipinski definition) is 4. The summed E-state index contributed by atoms with van der Waals surface area (Å²) in [5.41, 5.74) is 13.5. The Kier molecular flexibility index (Phi) is 7.11. The number of nitrogens with zero attached hydrogens (tertiary/aromatic N) is 1. The molecule has 2 amide bonds. The fourth-order valence-corrected chi connectivity index (χ4v) is 2.42. The van der Waals surface area contributed by atoms with Gasteiger partial charge in [-0.15, -0.1) is 0 Å². The normalized spacial score (nSPS) is 12.8. The van der Waals surface area contributed by atoms with Crippen molar-refractivity contribution in [1.82, 2.24) is 15.6 Å². The molecule has 2 rings (SSSR count). The molecule has 0 aliphatic heterocycles. The Bertz CT molecular complexity index is 736. The molecule has 138 valence electrons. The van der Waals surface area contributed by atoms with Gasteiger partial charge in [-0.3, -0.25) is 9.59 Å². The Morgan fingerprint density at radius 1 is 1.12 bits per heavy atom. The van der Waals surface area contributed by atoms with Crippen molar-refractivity contribution < 1.29 is 9.59 Å². The average molecular weight is 355 g/mol. The topological polar surface area (TPSA) is 123 Å². The standard InChI is InChI=1S/C19H25N5O2/c1-13(18(25)23-12-15-8-5-11-22-17(15)21)24-19(26)16(20)10-9-14-6-3-2-4-7-14/h2-8,11,13,16H,9-10,12,20H2,1H3,(H2,21,22)(H,23,25)(H,24,26)/t13?,16-/m1/s1. The number of pyridine rings is 1. The van der Waals surface area contributed by atoms with Crippen LogP contribution in [-0.2, 0) is 22.6 Å². The van der Waals surface area contributed by atoms with E-state index in [9.17, 15) is 9.59 Å². The summed E-state index contributed by atoms with van der Waals surface area (Å²) in [4.78, 5) is 28.3. The van der Waals surface area contributed by atoms with E-state index in [4.69, 9.17) is 11.5 Å². The molecular formula is C19H25N5O2. The van der Waals surface area contributed by atoms with Gasteiger partial charge < -0.3 is 22.1 Å². The van der Waals surface area contributed by atoms with Crippen LogP contribution in [0, 0.1) is 0 Å². The summed E-state index contributed by atoms with van der Waals surface area (Å²) < 4.78 is 0. The van der Waals surface area contributed by atoms with E-state index >= 15 is 0 Å². The number of carbonyl (C=O) groups excluding carboxylic acids is 2. The van der Waals surface area contributed by atoms with E-state index in [1.165, 1.54) is 0 Å². The highest BCUT2D eigenvalue weighted by molar-refractivity contribution is 5.89. The molecule has 26 heavy (non-hydrogen) atoms. The van der Waals surface area contributed by atoms with Gasteiger partial charge in [-0.1, -0.05) is 36.4 Å². The van der Waals surface area contributed by atoms with Crippen molar-refractivity contribution in [1.29, 1.82) is 0 Å². The monoisotopic (exact) mass is 355 g/mol. The highest BCUT2D eigenvalue weighted by atomic mass is 16.2. The first-order valence-electron chi connectivity index (χ1n) is 8.54. The number of aryl methyl sites for hydroxylation is 1. The number of nitrogens with two attached hydrogens (primary N) is 2. The molecule has 0 radical (unpaired) electrons. The van der Waals surface area contributed by atoms with Crippen LogP contribution >= 0.6 is 0 Å². The average Bonchev–Trinajstić information content (AvgIpc) is 2.65. The van der Waals surface area contributed by atoms with Gasteiger partial charge in [-0.25, -0.2) is 4.98 Å². The Labute approximate surface area is 153 Å². The molecule has 2 aromatic rings. The lowest BCUT2D eigenvalue weighted by atomic mass is 10.1. The molecule has 1 aromatic carbocycles. The zero-order chi connectivity index (χ0) is 18.9. The number of benzene rings is 1. The molecule has 1 heterocycles. The minimum absolute atomic E-state index is 0.249. The van der Waals surface area contributed by atoms with Crippen LogP contribution in [0.4, 0.5) is 5.82 Å². The number of nitrogen functional groups attached to an aromatic ring is 1. The zero-order valence-electron chi connectivity index (χ0n) is 14.8. The molecule has 6 N–H and O–H groups in total. The van der Waals surface area contributed by atoms with Crippen LogP contribution in [0.1, 0.15) is 24.5 Å². The van der Waals surface area contributed by atoms with Crippen LogP contribution in [0.25, 0.3) is 0 Å². The van der Waals surface area contributed by atoms with E-state index in [1.54, 1.807) is 25.3 Å². The lowest BCUT2D eigenvalue weighted by Gasteiger charge is -2.17. The third kappa shape index (κ3) is 5.86. The highest BCUT2D eigenvalue weighted by Gasteiger charge is 2.20. The molecule has 7 heteroatoms. The van der Waals surface area contributed by atoms with Crippen molar-refractivity contribution in [3.05, 3.63) is 59.8 Å². The fourth-order valence-electron chi connectivity index (χ4n) is 2.42. The lowest BCUT2D eigenvalue weighted by Crippen LogP contribution is -2.50. The minimum Gasteiger partial charge on any atom is -0.383 e. The second-order valence-electron chi connectivity index (χ2n) is 6.13. The summed E-state index contributed by atoms with van der Waals surface area (Å²) >= 11 is 0. The van der Waals surface area contributed by atoms with Gasteiger partial charge in [0, 0.05) is 18.3 Å². The number of amides is 2. The summed E-state index contributed by atoms with van der Waals surface area (Å²) in [6.45, 7) is 1.86. The summed E-state index contributed by atoms with van der Waals surface area (Å²) in [6.07, 6.45) is 2.80. The molecule has 2 atom stereocenters. The van der Waals surface area contributed by atoms with Gasteiger partial charge in [0.05, 0.1) is 6.04 Å². The molecule has 1 aromatic heterocycles. The molecule has 0 aliphatic rings. The number of carbonyl (C=O) groups is 2. The molecule has 7 nitrogen and oxygen atoms in total. The molecule has 0 saturated heterocycles. The van der Waals surface area contributed by atoms with Gasteiger partial charge in [0.15, 0.2) is 0 Å². The van der Waals surface area contributed by atoms with Gasteiger partial charge >= 0.3 is 0 Å². The van der Waals surface area contributed by atoms with Crippen LogP contribution in [0.5, 0.6) is 0 Å². The summed E-state index contributed by atoms with van der Waals surface area (Å²) in [5, 5.41) is 5.37. The Hall–Kier alpha value is -2.93. The Morgan fingerprint density at radius 2 is 1.85 bits per heavy atom. The van der Waals surface area contributed by atoms with Gasteiger partial charge in [0.1, 0.15) is 11.9 Å². The molecule has 0 bridgehead atoms. The molecule has 1 unspecified atom stereocenters. The maximum atomic E-state index is 12.2. The molecule has 0 fully saturated rings. The molecular weight excluding hydrogens is 330 g/mol. The van der Waals surface area contributed by atoms with Crippen molar-refractivity contribution in [3.63, 3.8) is 0 Å². The number of anilines is 1. The van der Waals surface area contributed by atoms with Crippen LogP contribution in [0.2, 0.25) is 0 Å². The van der Waals surface area contributed by atoms with Crippen molar-refractivity contribution in [3.8, 4) is 0 Å². The number of nitrogens with one attached hydrogen (secondary N) is 2. The van der Waals surface area contributed by atoms with E-state index in [-0.39, 0.29) is 18.4 Å². The summed E-state index contributed by atoms with van der Waals surface area (Å²) in [7, 11) is 0. The SMILES string of the molecule is CC(NC(=O)[C@H](N)CCc1ccccc1)C(=O)NCc1cccnc1N. The van der Waals surface area contributed by atoms with Crippen LogP contribution < -0.4 is 22.1 Å². The quantitative estimate of drug-likeness (QED) is 0.556. The molecule has 0 saturated carbocycles. The first kappa shape index (κ1) is 19.4. The van der Waals surface area contributed by atoms with E-state index in [1.807, 2.05) is 30.3 Å². The maximum absolute atomic E-state index is 12.2. The Morgan fingerprint density at radius 3 is 2.54 bits per heavy atom. The van der Waals surface area contributed by atoms with Gasteiger partial charge in [0.25, 0.3) is 0 Å². The number of hydrogen-bond acceptors (Lipinski definition) is 5. The second kappa shape index (κ2) is 9.53. The predicted molar refractivity (Wildman–Crippen MR) is 101 cm³/mol.